The number of fused-ring (bicyclic) bond motifs is 1. The van der Waals surface area contributed by atoms with E-state index < -0.39 is 4.92 Å². The molecule has 1 aliphatic rings. The predicted molar refractivity (Wildman–Crippen MR) is 51.0 cm³/mol. The van der Waals surface area contributed by atoms with Gasteiger partial charge in [-0.05, 0) is 6.07 Å². The summed E-state index contributed by atoms with van der Waals surface area (Å²) in [5.41, 5.74) is 0.167. The molecule has 2 rings (SSSR count). The lowest BCUT2D eigenvalue weighted by atomic mass is 10.1. The summed E-state index contributed by atoms with van der Waals surface area (Å²) in [4.78, 5) is 10.2. The Balaban J connectivity index is 2.56. The first-order chi connectivity index (χ1) is 7.22. The molecule has 78 valence electrons. The van der Waals surface area contributed by atoms with E-state index in [1.807, 2.05) is 0 Å². The van der Waals surface area contributed by atoms with Crippen molar-refractivity contribution in [2.45, 2.75) is 0 Å². The summed E-state index contributed by atoms with van der Waals surface area (Å²) in [5.74, 6) is 5.76. The molecule has 7 nitrogen and oxygen atoms in total. The SMILES string of the molecule is N/N=C\c1cc2c(cc1[N+](=O)[O-])OCO2. The van der Waals surface area contributed by atoms with E-state index in [0.717, 1.165) is 0 Å². The van der Waals surface area contributed by atoms with E-state index in [4.69, 9.17) is 15.3 Å². The standard InChI is InChI=1S/C8H7N3O4/c9-10-3-5-1-7-8(15-4-14-7)2-6(5)11(12)13/h1-3H,4,9H2/b10-3-. The van der Waals surface area contributed by atoms with Crippen molar-refractivity contribution in [3.8, 4) is 11.5 Å². The quantitative estimate of drug-likeness (QED) is 0.333. The zero-order valence-electron chi connectivity index (χ0n) is 7.54. The summed E-state index contributed by atoms with van der Waals surface area (Å²) >= 11 is 0. The van der Waals surface area contributed by atoms with Crippen molar-refractivity contribution in [2.75, 3.05) is 6.79 Å². The molecule has 0 bridgehead atoms. The van der Waals surface area contributed by atoms with Crippen molar-refractivity contribution >= 4 is 11.9 Å². The van der Waals surface area contributed by atoms with Crippen molar-refractivity contribution < 1.29 is 14.4 Å². The van der Waals surface area contributed by atoms with E-state index in [-0.39, 0.29) is 18.0 Å². The number of nitrogens with two attached hydrogens (primary N) is 1. The van der Waals surface area contributed by atoms with Crippen LogP contribution < -0.4 is 15.3 Å². The fraction of sp³-hybridized carbons (Fsp3) is 0.125. The zero-order chi connectivity index (χ0) is 10.8. The van der Waals surface area contributed by atoms with Crippen LogP contribution in [0.1, 0.15) is 5.56 Å². The fourth-order valence-corrected chi connectivity index (χ4v) is 1.29. The highest BCUT2D eigenvalue weighted by molar-refractivity contribution is 5.86. The van der Waals surface area contributed by atoms with Gasteiger partial charge in [0.05, 0.1) is 22.8 Å². The minimum Gasteiger partial charge on any atom is -0.454 e. The molecule has 0 atom stereocenters. The topological polar surface area (TPSA) is 100.0 Å². The normalized spacial score (nSPS) is 13.3. The maximum Gasteiger partial charge on any atom is 0.282 e. The van der Waals surface area contributed by atoms with E-state index in [0.29, 0.717) is 11.5 Å². The summed E-state index contributed by atoms with van der Waals surface area (Å²) in [6.45, 7) is 0.0652. The summed E-state index contributed by atoms with van der Waals surface area (Å²) in [5, 5.41) is 14.0. The first-order valence-electron chi connectivity index (χ1n) is 4.03. The van der Waals surface area contributed by atoms with Crippen LogP contribution in [-0.4, -0.2) is 17.9 Å². The third kappa shape index (κ3) is 1.54. The summed E-state index contributed by atoms with van der Waals surface area (Å²) < 4.78 is 10.1. The number of benzene rings is 1. The molecular weight excluding hydrogens is 202 g/mol. The second-order valence-electron chi connectivity index (χ2n) is 2.80. The third-order valence-corrected chi connectivity index (χ3v) is 1.93. The van der Waals surface area contributed by atoms with Gasteiger partial charge in [0.1, 0.15) is 0 Å². The third-order valence-electron chi connectivity index (χ3n) is 1.93. The van der Waals surface area contributed by atoms with E-state index >= 15 is 0 Å². The lowest BCUT2D eigenvalue weighted by molar-refractivity contribution is -0.385. The molecule has 1 aliphatic heterocycles. The Morgan fingerprint density at radius 1 is 1.47 bits per heavy atom. The maximum absolute atomic E-state index is 10.7. The van der Waals surface area contributed by atoms with Crippen LogP contribution in [0.25, 0.3) is 0 Å². The number of nitro benzene ring substituents is 1. The van der Waals surface area contributed by atoms with Crippen LogP contribution >= 0.6 is 0 Å². The monoisotopic (exact) mass is 209 g/mol. The van der Waals surface area contributed by atoms with Crippen molar-refractivity contribution in [1.29, 1.82) is 0 Å². The summed E-state index contributed by atoms with van der Waals surface area (Å²) in [7, 11) is 0. The molecular formula is C8H7N3O4. The van der Waals surface area contributed by atoms with Crippen LogP contribution in [0.15, 0.2) is 17.2 Å². The molecule has 0 saturated carbocycles. The Morgan fingerprint density at radius 3 is 2.73 bits per heavy atom. The van der Waals surface area contributed by atoms with E-state index in [2.05, 4.69) is 5.10 Å². The average Bonchev–Trinajstić information content (AvgIpc) is 2.63. The van der Waals surface area contributed by atoms with E-state index in [1.54, 1.807) is 0 Å². The molecule has 2 N–H and O–H groups in total. The van der Waals surface area contributed by atoms with Crippen LogP contribution in [0.2, 0.25) is 0 Å². The van der Waals surface area contributed by atoms with Gasteiger partial charge in [-0.1, -0.05) is 0 Å². The number of hydrogen-bond acceptors (Lipinski definition) is 6. The minimum atomic E-state index is -0.529. The van der Waals surface area contributed by atoms with Crippen molar-refractivity contribution in [3.05, 3.63) is 27.8 Å². The smallest absolute Gasteiger partial charge is 0.282 e. The Hall–Kier alpha value is -2.31. The van der Waals surface area contributed by atoms with Gasteiger partial charge in [-0.2, -0.15) is 5.10 Å². The fourth-order valence-electron chi connectivity index (χ4n) is 1.29. The van der Waals surface area contributed by atoms with Gasteiger partial charge in [0.15, 0.2) is 11.5 Å². The van der Waals surface area contributed by atoms with Gasteiger partial charge >= 0.3 is 0 Å². The second kappa shape index (κ2) is 3.45. The molecule has 0 fully saturated rings. The number of nitrogens with zero attached hydrogens (tertiary/aromatic N) is 2. The van der Waals surface area contributed by atoms with Gasteiger partial charge in [0.2, 0.25) is 6.79 Å². The van der Waals surface area contributed by atoms with Gasteiger partial charge in [-0.3, -0.25) is 10.1 Å². The summed E-state index contributed by atoms with van der Waals surface area (Å²) in [6.07, 6.45) is 1.19. The molecule has 0 unspecified atom stereocenters. The molecule has 1 heterocycles. The minimum absolute atomic E-state index is 0.0652. The Morgan fingerprint density at radius 2 is 2.13 bits per heavy atom. The van der Waals surface area contributed by atoms with Crippen LogP contribution in [0.3, 0.4) is 0 Å². The Bertz CT molecular complexity index is 444. The highest BCUT2D eigenvalue weighted by Crippen LogP contribution is 2.37. The second-order valence-corrected chi connectivity index (χ2v) is 2.80. The lowest BCUT2D eigenvalue weighted by Crippen LogP contribution is -1.96. The van der Waals surface area contributed by atoms with E-state index in [1.165, 1.54) is 18.3 Å². The Kier molecular flexibility index (Phi) is 2.13. The largest absolute Gasteiger partial charge is 0.454 e. The average molecular weight is 209 g/mol. The lowest BCUT2D eigenvalue weighted by Gasteiger charge is -1.99. The molecule has 0 aromatic heterocycles. The van der Waals surface area contributed by atoms with Gasteiger partial charge in [-0.25, -0.2) is 0 Å². The zero-order valence-corrected chi connectivity index (χ0v) is 7.54. The molecule has 1 aromatic carbocycles. The highest BCUT2D eigenvalue weighted by Gasteiger charge is 2.22. The van der Waals surface area contributed by atoms with Crippen molar-refractivity contribution in [1.82, 2.24) is 0 Å². The summed E-state index contributed by atoms with van der Waals surface area (Å²) in [6, 6.07) is 2.76. The Labute approximate surface area is 84.2 Å². The maximum atomic E-state index is 10.7. The highest BCUT2D eigenvalue weighted by atomic mass is 16.7. The predicted octanol–water partition coefficient (Wildman–Crippen LogP) is 0.616. The molecule has 0 aliphatic carbocycles. The van der Waals surface area contributed by atoms with Crippen LogP contribution in [0, 0.1) is 10.1 Å². The number of hydrogen-bond donors (Lipinski definition) is 1. The van der Waals surface area contributed by atoms with E-state index in [9.17, 15) is 10.1 Å². The molecule has 1 aromatic rings. The van der Waals surface area contributed by atoms with Gasteiger partial charge < -0.3 is 15.3 Å². The molecule has 0 amide bonds. The molecule has 15 heavy (non-hydrogen) atoms. The molecule has 7 heteroatoms. The van der Waals surface area contributed by atoms with Crippen LogP contribution in [-0.2, 0) is 0 Å². The number of rotatable bonds is 2. The molecule has 0 saturated heterocycles. The number of ether oxygens (including phenoxy) is 2. The van der Waals surface area contributed by atoms with Crippen molar-refractivity contribution in [2.24, 2.45) is 10.9 Å². The number of hydrazone groups is 1. The molecule has 0 spiro atoms. The molecule has 0 radical (unpaired) electrons. The first-order valence-corrected chi connectivity index (χ1v) is 4.03. The number of nitro groups is 1. The van der Waals surface area contributed by atoms with Crippen LogP contribution in [0.4, 0.5) is 5.69 Å². The van der Waals surface area contributed by atoms with Crippen molar-refractivity contribution in [3.63, 3.8) is 0 Å². The first kappa shape index (κ1) is 9.25. The van der Waals surface area contributed by atoms with Gasteiger partial charge in [-0.15, -0.1) is 0 Å². The van der Waals surface area contributed by atoms with Gasteiger partial charge in [0, 0.05) is 0 Å². The van der Waals surface area contributed by atoms with Crippen LogP contribution in [0.5, 0.6) is 11.5 Å². The van der Waals surface area contributed by atoms with Gasteiger partial charge in [0.25, 0.3) is 5.69 Å².